The molecule has 28 heavy (non-hydrogen) atoms. The maximum Gasteiger partial charge on any atom is 1.00 e. The van der Waals surface area contributed by atoms with Crippen molar-refractivity contribution in [3.63, 3.8) is 0 Å². The van der Waals surface area contributed by atoms with Crippen LogP contribution < -0.4 is 29.6 Å². The van der Waals surface area contributed by atoms with E-state index in [0.717, 1.165) is 19.3 Å². The summed E-state index contributed by atoms with van der Waals surface area (Å²) in [4.78, 5) is 0. The topological polar surface area (TPSA) is 83.8 Å². The zero-order valence-electron chi connectivity index (χ0n) is 19.7. The minimum absolute atomic E-state index is 0. The Labute approximate surface area is 197 Å². The van der Waals surface area contributed by atoms with E-state index in [1.54, 1.807) is 0 Å². The second-order valence-corrected chi connectivity index (χ2v) is 9.38. The third-order valence-corrected chi connectivity index (χ3v) is 5.78. The van der Waals surface area contributed by atoms with Crippen LogP contribution >= 0.6 is 0 Å². The van der Waals surface area contributed by atoms with Crippen LogP contribution in [0.25, 0.3) is 0 Å². The van der Waals surface area contributed by atoms with Crippen molar-refractivity contribution in [1.29, 1.82) is 0 Å². The Balaban J connectivity index is -0.00000338. The fourth-order valence-electron chi connectivity index (χ4n) is 3.39. The molecule has 7 heteroatoms. The molecule has 0 radical (unpaired) electrons. The van der Waals surface area contributed by atoms with Crippen LogP contribution in [0.2, 0.25) is 0 Å². The largest absolute Gasteiger partial charge is 1.00 e. The predicted molar refractivity (Wildman–Crippen MR) is 114 cm³/mol. The molecule has 0 saturated carbocycles. The number of hydrogen-bond donors (Lipinski definition) is 2. The molecule has 0 aliphatic carbocycles. The van der Waals surface area contributed by atoms with Crippen molar-refractivity contribution in [2.75, 3.05) is 12.4 Å². The molecule has 0 aliphatic rings. The van der Waals surface area contributed by atoms with Crippen molar-refractivity contribution in [3.8, 4) is 0 Å². The van der Waals surface area contributed by atoms with Crippen LogP contribution in [-0.2, 0) is 14.9 Å². The molecule has 0 saturated heterocycles. The first kappa shape index (κ1) is 31.0. The monoisotopic (exact) mass is 432 g/mol. The van der Waals surface area contributed by atoms with Gasteiger partial charge in [-0.05, 0) is 13.3 Å². The number of unbranched alkanes of at least 4 members (excludes halogenated alkanes) is 13. The van der Waals surface area contributed by atoms with Crippen LogP contribution in [0, 0.1) is 0 Å². The van der Waals surface area contributed by atoms with Crippen LogP contribution in [0.1, 0.15) is 112 Å². The van der Waals surface area contributed by atoms with Gasteiger partial charge >= 0.3 is 29.6 Å². The Kier molecular flexibility index (Phi) is 23.3. The summed E-state index contributed by atoms with van der Waals surface area (Å²) in [6.45, 7) is 3.74. The first-order chi connectivity index (χ1) is 12.9. The molecule has 0 fully saturated rings. The van der Waals surface area contributed by atoms with Gasteiger partial charge in [0.15, 0.2) is 0 Å². The molecule has 2 unspecified atom stereocenters. The zero-order valence-corrected chi connectivity index (χ0v) is 21.5. The van der Waals surface area contributed by atoms with Gasteiger partial charge in [-0.3, -0.25) is 4.55 Å². The van der Waals surface area contributed by atoms with E-state index < -0.39 is 28.6 Å². The van der Waals surface area contributed by atoms with E-state index >= 15 is 0 Å². The fourth-order valence-corrected chi connectivity index (χ4v) is 4.05. The second-order valence-electron chi connectivity index (χ2n) is 7.88. The number of aliphatic hydroxyl groups is 1. The minimum atomic E-state index is -4.12. The summed E-state index contributed by atoms with van der Waals surface area (Å²) >= 11 is 0. The molecule has 5 nitrogen and oxygen atoms in total. The third-order valence-electron chi connectivity index (χ3n) is 4.99. The molecule has 0 aromatic carbocycles. The van der Waals surface area contributed by atoms with E-state index in [1.807, 2.05) is 6.92 Å². The summed E-state index contributed by atoms with van der Waals surface area (Å²) in [5.41, 5.74) is 0. The summed E-state index contributed by atoms with van der Waals surface area (Å²) in [5.74, 6) is -0.549. The van der Waals surface area contributed by atoms with Gasteiger partial charge in [0.05, 0.1) is 18.8 Å². The standard InChI is InChI=1S/C21H44O5S.Na.H/c1-3-4-5-6-7-8-9-10-11-12-13-14-15-16-17-20(2)26-21(18-22)19-27(23,24)25;;/h20-22H,3-19H2,1-2H3,(H,23,24,25);;/q;+1;-1. The summed E-state index contributed by atoms with van der Waals surface area (Å²) in [6.07, 6.45) is 18.4. The second kappa shape index (κ2) is 21.1. The van der Waals surface area contributed by atoms with Gasteiger partial charge in [-0.1, -0.05) is 96.8 Å². The molecule has 166 valence electrons. The van der Waals surface area contributed by atoms with Gasteiger partial charge in [-0.2, -0.15) is 8.42 Å². The van der Waals surface area contributed by atoms with Crippen molar-refractivity contribution in [2.24, 2.45) is 0 Å². The first-order valence-corrected chi connectivity index (χ1v) is 12.7. The van der Waals surface area contributed by atoms with Crippen molar-refractivity contribution in [1.82, 2.24) is 0 Å². The summed E-state index contributed by atoms with van der Waals surface area (Å²) in [7, 11) is -4.12. The van der Waals surface area contributed by atoms with Crippen LogP contribution in [0.4, 0.5) is 0 Å². The molecule has 0 aliphatic heterocycles. The zero-order chi connectivity index (χ0) is 20.4. The molecule has 0 aromatic heterocycles. The molecule has 0 amide bonds. The maximum absolute atomic E-state index is 10.8. The van der Waals surface area contributed by atoms with E-state index in [4.69, 9.17) is 14.4 Å². The molecular formula is C21H45NaO5S. The third kappa shape index (κ3) is 23.1. The van der Waals surface area contributed by atoms with Crippen LogP contribution in [0.5, 0.6) is 0 Å². The van der Waals surface area contributed by atoms with E-state index in [1.165, 1.54) is 77.0 Å². The van der Waals surface area contributed by atoms with Crippen LogP contribution in [-0.4, -0.2) is 42.6 Å². The van der Waals surface area contributed by atoms with E-state index in [2.05, 4.69) is 6.92 Å². The van der Waals surface area contributed by atoms with Crippen LogP contribution in [0.3, 0.4) is 0 Å². The van der Waals surface area contributed by atoms with Crippen LogP contribution in [0.15, 0.2) is 0 Å². The van der Waals surface area contributed by atoms with Gasteiger partial charge in [-0.25, -0.2) is 0 Å². The average molecular weight is 433 g/mol. The number of ether oxygens (including phenoxy) is 1. The predicted octanol–water partition coefficient (Wildman–Crippen LogP) is 2.63. The molecule has 2 atom stereocenters. The van der Waals surface area contributed by atoms with Gasteiger partial charge in [0, 0.05) is 0 Å². The van der Waals surface area contributed by atoms with E-state index in [-0.39, 0.29) is 37.1 Å². The normalized spacial score (nSPS) is 13.9. The van der Waals surface area contributed by atoms with Gasteiger partial charge in [-0.15, -0.1) is 0 Å². The van der Waals surface area contributed by atoms with Crippen molar-refractivity contribution in [3.05, 3.63) is 0 Å². The fraction of sp³-hybridized carbons (Fsp3) is 1.00. The van der Waals surface area contributed by atoms with Gasteiger partial charge in [0.2, 0.25) is 0 Å². The number of rotatable bonds is 20. The van der Waals surface area contributed by atoms with Crippen molar-refractivity contribution >= 4 is 10.1 Å². The molecule has 0 spiro atoms. The molecule has 0 aromatic rings. The molecule has 0 heterocycles. The summed E-state index contributed by atoms with van der Waals surface area (Å²) in [5, 5.41) is 9.13. The molecule has 0 rings (SSSR count). The number of hydrogen-bond acceptors (Lipinski definition) is 4. The quantitative estimate of drug-likeness (QED) is 0.176. The van der Waals surface area contributed by atoms with E-state index in [9.17, 15) is 8.42 Å². The summed E-state index contributed by atoms with van der Waals surface area (Å²) in [6, 6.07) is 0. The molecular weight excluding hydrogens is 387 g/mol. The molecule has 2 N–H and O–H groups in total. The van der Waals surface area contributed by atoms with Gasteiger partial charge in [0.1, 0.15) is 5.75 Å². The summed E-state index contributed by atoms with van der Waals surface area (Å²) < 4.78 is 36.0. The number of aliphatic hydroxyl groups excluding tert-OH is 1. The Morgan fingerprint density at radius 3 is 1.57 bits per heavy atom. The Morgan fingerprint density at radius 2 is 1.21 bits per heavy atom. The Morgan fingerprint density at radius 1 is 0.821 bits per heavy atom. The Hall–Kier alpha value is 0.830. The smallest absolute Gasteiger partial charge is 1.00 e. The average Bonchev–Trinajstić information content (AvgIpc) is 2.60. The van der Waals surface area contributed by atoms with E-state index in [0.29, 0.717) is 0 Å². The SMILES string of the molecule is CCCCCCCCCCCCCCCCC(C)OC(CO)CS(=O)(=O)O.[H-].[Na+]. The van der Waals surface area contributed by atoms with Crippen molar-refractivity contribution in [2.45, 2.75) is 122 Å². The van der Waals surface area contributed by atoms with Crippen molar-refractivity contribution < 1.29 is 53.8 Å². The molecule has 0 bridgehead atoms. The maximum atomic E-state index is 10.8. The minimum Gasteiger partial charge on any atom is -1.00 e. The van der Waals surface area contributed by atoms with Gasteiger partial charge < -0.3 is 11.3 Å². The Bertz CT molecular complexity index is 423. The van der Waals surface area contributed by atoms with Gasteiger partial charge in [0.25, 0.3) is 10.1 Å². The first-order valence-electron chi connectivity index (χ1n) is 11.1.